The normalized spacial score (nSPS) is 10.8. The van der Waals surface area contributed by atoms with Crippen LogP contribution >= 0.6 is 23.4 Å². The van der Waals surface area contributed by atoms with E-state index in [-0.39, 0.29) is 10.8 Å². The zero-order chi connectivity index (χ0) is 14.7. The number of rotatable bonds is 5. The summed E-state index contributed by atoms with van der Waals surface area (Å²) in [5, 5.41) is 17.1. The molecule has 0 fully saturated rings. The first-order chi connectivity index (χ1) is 9.54. The standard InChI is InChI=1S/C12H11ClFN3O2S/c1-2-17-11(7-4-3-5-8(14)10(7)13)15-16-12(17)20-6-9(18)19/h3-5H,2,6H2,1H3,(H,18,19). The minimum Gasteiger partial charge on any atom is -0.481 e. The molecule has 1 aromatic heterocycles. The molecule has 106 valence electrons. The van der Waals surface area contributed by atoms with Crippen molar-refractivity contribution in [1.82, 2.24) is 14.8 Å². The molecule has 1 heterocycles. The van der Waals surface area contributed by atoms with E-state index in [1.165, 1.54) is 12.1 Å². The molecule has 2 aromatic rings. The van der Waals surface area contributed by atoms with Crippen molar-refractivity contribution in [1.29, 1.82) is 0 Å². The van der Waals surface area contributed by atoms with Gasteiger partial charge in [-0.05, 0) is 19.1 Å². The minimum absolute atomic E-state index is 0.0237. The average Bonchev–Trinajstić information content (AvgIpc) is 2.82. The van der Waals surface area contributed by atoms with Gasteiger partial charge in [0.1, 0.15) is 5.82 Å². The van der Waals surface area contributed by atoms with Crippen LogP contribution in [0.5, 0.6) is 0 Å². The Hall–Kier alpha value is -1.60. The van der Waals surface area contributed by atoms with Crippen LogP contribution < -0.4 is 0 Å². The van der Waals surface area contributed by atoms with Crippen molar-refractivity contribution < 1.29 is 14.3 Å². The van der Waals surface area contributed by atoms with Gasteiger partial charge in [-0.2, -0.15) is 0 Å². The lowest BCUT2D eigenvalue weighted by Crippen LogP contribution is -2.03. The van der Waals surface area contributed by atoms with E-state index in [1.54, 1.807) is 10.6 Å². The fourth-order valence-corrected chi connectivity index (χ4v) is 2.62. The average molecular weight is 316 g/mol. The number of hydrogen-bond donors (Lipinski definition) is 1. The van der Waals surface area contributed by atoms with Gasteiger partial charge in [0.2, 0.25) is 0 Å². The molecule has 0 bridgehead atoms. The van der Waals surface area contributed by atoms with E-state index in [0.29, 0.717) is 23.1 Å². The molecule has 0 amide bonds. The van der Waals surface area contributed by atoms with Gasteiger partial charge in [0.15, 0.2) is 11.0 Å². The van der Waals surface area contributed by atoms with Gasteiger partial charge in [-0.15, -0.1) is 10.2 Å². The first-order valence-electron chi connectivity index (χ1n) is 5.76. The van der Waals surface area contributed by atoms with Crippen molar-refractivity contribution in [2.24, 2.45) is 0 Å². The number of nitrogens with zero attached hydrogens (tertiary/aromatic N) is 3. The summed E-state index contributed by atoms with van der Waals surface area (Å²) >= 11 is 6.99. The van der Waals surface area contributed by atoms with Crippen molar-refractivity contribution in [3.05, 3.63) is 29.0 Å². The second kappa shape index (κ2) is 6.23. The Morgan fingerprint density at radius 3 is 2.90 bits per heavy atom. The molecule has 0 aliphatic carbocycles. The fourth-order valence-electron chi connectivity index (χ4n) is 1.68. The highest BCUT2D eigenvalue weighted by molar-refractivity contribution is 7.99. The maximum absolute atomic E-state index is 13.5. The van der Waals surface area contributed by atoms with Crippen molar-refractivity contribution in [3.63, 3.8) is 0 Å². The second-order valence-electron chi connectivity index (χ2n) is 3.83. The fraction of sp³-hybridized carbons (Fsp3) is 0.250. The highest BCUT2D eigenvalue weighted by Crippen LogP contribution is 2.30. The molecule has 0 radical (unpaired) electrons. The Balaban J connectivity index is 2.42. The summed E-state index contributed by atoms with van der Waals surface area (Å²) in [7, 11) is 0. The number of halogens is 2. The van der Waals surface area contributed by atoms with Gasteiger partial charge < -0.3 is 9.67 Å². The minimum atomic E-state index is -0.939. The van der Waals surface area contributed by atoms with Crippen LogP contribution in [0.15, 0.2) is 23.4 Å². The van der Waals surface area contributed by atoms with Crippen LogP contribution in [0.1, 0.15) is 6.92 Å². The Kier molecular flexibility index (Phi) is 4.61. The number of carboxylic acids is 1. The molecule has 0 atom stereocenters. The monoisotopic (exact) mass is 315 g/mol. The third kappa shape index (κ3) is 2.94. The topological polar surface area (TPSA) is 68.0 Å². The molecule has 0 unspecified atom stereocenters. The van der Waals surface area contributed by atoms with E-state index < -0.39 is 11.8 Å². The number of aliphatic carboxylic acids is 1. The highest BCUT2D eigenvalue weighted by atomic mass is 35.5. The van der Waals surface area contributed by atoms with E-state index in [4.69, 9.17) is 16.7 Å². The first kappa shape index (κ1) is 14.8. The highest BCUT2D eigenvalue weighted by Gasteiger charge is 2.17. The predicted octanol–water partition coefficient (Wildman–Crippen LogP) is 2.93. The smallest absolute Gasteiger partial charge is 0.313 e. The summed E-state index contributed by atoms with van der Waals surface area (Å²) in [6.07, 6.45) is 0. The van der Waals surface area contributed by atoms with Gasteiger partial charge >= 0.3 is 5.97 Å². The molecule has 0 aliphatic rings. The summed E-state index contributed by atoms with van der Waals surface area (Å²) in [5.41, 5.74) is 0.434. The van der Waals surface area contributed by atoms with E-state index in [9.17, 15) is 9.18 Å². The van der Waals surface area contributed by atoms with Crippen LogP contribution in [0.25, 0.3) is 11.4 Å². The van der Waals surface area contributed by atoms with Crippen molar-refractivity contribution in [2.45, 2.75) is 18.6 Å². The molecule has 5 nitrogen and oxygen atoms in total. The summed E-state index contributed by atoms with van der Waals surface area (Å²) in [4.78, 5) is 10.6. The third-order valence-electron chi connectivity index (χ3n) is 2.55. The number of carboxylic acid groups (broad SMARTS) is 1. The van der Waals surface area contributed by atoms with Crippen LogP contribution in [-0.2, 0) is 11.3 Å². The SMILES string of the molecule is CCn1c(SCC(=O)O)nnc1-c1cccc(F)c1Cl. The first-order valence-corrected chi connectivity index (χ1v) is 7.13. The Bertz CT molecular complexity index is 648. The second-order valence-corrected chi connectivity index (χ2v) is 5.15. The van der Waals surface area contributed by atoms with Gasteiger partial charge in [0, 0.05) is 12.1 Å². The largest absolute Gasteiger partial charge is 0.481 e. The van der Waals surface area contributed by atoms with E-state index in [0.717, 1.165) is 11.8 Å². The molecular weight excluding hydrogens is 305 g/mol. The molecule has 1 aromatic carbocycles. The number of benzene rings is 1. The van der Waals surface area contributed by atoms with Crippen molar-refractivity contribution >= 4 is 29.3 Å². The molecule has 20 heavy (non-hydrogen) atoms. The van der Waals surface area contributed by atoms with E-state index in [1.807, 2.05) is 6.92 Å². The molecule has 1 N–H and O–H groups in total. The molecule has 8 heteroatoms. The summed E-state index contributed by atoms with van der Waals surface area (Å²) in [5.74, 6) is -1.17. The Labute approximate surface area is 123 Å². The van der Waals surface area contributed by atoms with Gasteiger partial charge in [0.05, 0.1) is 10.8 Å². The molecule has 0 saturated heterocycles. The lowest BCUT2D eigenvalue weighted by Gasteiger charge is -2.08. The molecule has 0 spiro atoms. The van der Waals surface area contributed by atoms with Gasteiger partial charge in [-0.3, -0.25) is 4.79 Å². The third-order valence-corrected chi connectivity index (χ3v) is 3.89. The van der Waals surface area contributed by atoms with Gasteiger partial charge in [-0.1, -0.05) is 29.4 Å². The zero-order valence-corrected chi connectivity index (χ0v) is 12.1. The lowest BCUT2D eigenvalue weighted by molar-refractivity contribution is -0.133. The summed E-state index contributed by atoms with van der Waals surface area (Å²) < 4.78 is 15.2. The van der Waals surface area contributed by atoms with Gasteiger partial charge in [0.25, 0.3) is 0 Å². The van der Waals surface area contributed by atoms with E-state index >= 15 is 0 Å². The molecule has 0 saturated carbocycles. The van der Waals surface area contributed by atoms with Crippen LogP contribution in [0.3, 0.4) is 0 Å². The Morgan fingerprint density at radius 2 is 2.25 bits per heavy atom. The van der Waals surface area contributed by atoms with Gasteiger partial charge in [-0.25, -0.2) is 4.39 Å². The van der Waals surface area contributed by atoms with Crippen molar-refractivity contribution in [2.75, 3.05) is 5.75 Å². The molecular formula is C12H11ClFN3O2S. The molecule has 0 aliphatic heterocycles. The number of thioether (sulfide) groups is 1. The lowest BCUT2D eigenvalue weighted by atomic mass is 10.2. The van der Waals surface area contributed by atoms with E-state index in [2.05, 4.69) is 10.2 Å². The maximum Gasteiger partial charge on any atom is 0.313 e. The van der Waals surface area contributed by atoms with Crippen LogP contribution in [-0.4, -0.2) is 31.6 Å². The van der Waals surface area contributed by atoms with Crippen molar-refractivity contribution in [3.8, 4) is 11.4 Å². The van der Waals surface area contributed by atoms with Crippen LogP contribution in [0, 0.1) is 5.82 Å². The van der Waals surface area contributed by atoms with Crippen LogP contribution in [0.2, 0.25) is 5.02 Å². The Morgan fingerprint density at radius 1 is 1.50 bits per heavy atom. The quantitative estimate of drug-likeness (QED) is 0.859. The van der Waals surface area contributed by atoms with Crippen LogP contribution in [0.4, 0.5) is 4.39 Å². The zero-order valence-electron chi connectivity index (χ0n) is 10.5. The maximum atomic E-state index is 13.5. The number of aromatic nitrogens is 3. The summed E-state index contributed by atoms with van der Waals surface area (Å²) in [6, 6.07) is 4.45. The molecule has 2 rings (SSSR count). The number of carbonyl (C=O) groups is 1. The predicted molar refractivity (Wildman–Crippen MR) is 74.5 cm³/mol. The summed E-state index contributed by atoms with van der Waals surface area (Å²) in [6.45, 7) is 2.39. The number of hydrogen-bond acceptors (Lipinski definition) is 4.